The van der Waals surface area contributed by atoms with Crippen molar-refractivity contribution < 1.29 is 15.3 Å². The molecule has 0 aromatic carbocycles. The average molecular weight is 473 g/mol. The Bertz CT molecular complexity index is 861. The molecule has 0 saturated heterocycles. The van der Waals surface area contributed by atoms with Gasteiger partial charge in [0.2, 0.25) is 0 Å². The highest BCUT2D eigenvalue weighted by molar-refractivity contribution is 5.32. The molecular weight excluding hydrogens is 420 g/mol. The molecular formula is C31H52O3. The number of fused-ring (bicyclic) bond motifs is 2. The van der Waals surface area contributed by atoms with E-state index in [1.807, 2.05) is 13.8 Å². The van der Waals surface area contributed by atoms with Crippen LogP contribution in [0.2, 0.25) is 0 Å². The van der Waals surface area contributed by atoms with Crippen molar-refractivity contribution in [2.75, 3.05) is 0 Å². The summed E-state index contributed by atoms with van der Waals surface area (Å²) in [4.78, 5) is 0. The van der Waals surface area contributed by atoms with Gasteiger partial charge in [0.1, 0.15) is 0 Å². The zero-order valence-corrected chi connectivity index (χ0v) is 23.1. The van der Waals surface area contributed by atoms with Gasteiger partial charge in [0.25, 0.3) is 0 Å². The zero-order valence-electron chi connectivity index (χ0n) is 23.1. The van der Waals surface area contributed by atoms with E-state index in [0.717, 1.165) is 37.7 Å². The zero-order chi connectivity index (χ0) is 25.1. The van der Waals surface area contributed by atoms with Crippen LogP contribution in [0.25, 0.3) is 0 Å². The fourth-order valence-corrected chi connectivity index (χ4v) is 11.2. The Balaban J connectivity index is 1.42. The monoisotopic (exact) mass is 472 g/mol. The topological polar surface area (TPSA) is 60.7 Å². The van der Waals surface area contributed by atoms with E-state index < -0.39 is 5.60 Å². The molecule has 0 amide bonds. The smallest absolute Gasteiger partial charge is 0.0823 e. The van der Waals surface area contributed by atoms with Crippen molar-refractivity contribution in [3.8, 4) is 0 Å². The Morgan fingerprint density at radius 1 is 1.00 bits per heavy atom. The second kappa shape index (κ2) is 7.35. The van der Waals surface area contributed by atoms with Crippen LogP contribution in [0.3, 0.4) is 0 Å². The third-order valence-electron chi connectivity index (χ3n) is 13.8. The van der Waals surface area contributed by atoms with Crippen molar-refractivity contribution in [2.45, 2.75) is 130 Å². The lowest BCUT2D eigenvalue weighted by Gasteiger charge is -2.64. The lowest BCUT2D eigenvalue weighted by atomic mass is 9.41. The van der Waals surface area contributed by atoms with Gasteiger partial charge in [-0.05, 0) is 134 Å². The van der Waals surface area contributed by atoms with E-state index in [-0.39, 0.29) is 28.5 Å². The molecule has 194 valence electrons. The summed E-state index contributed by atoms with van der Waals surface area (Å²) in [5.74, 6) is 2.07. The normalized spacial score (nSPS) is 53.5. The van der Waals surface area contributed by atoms with Crippen molar-refractivity contribution in [3.05, 3.63) is 12.2 Å². The van der Waals surface area contributed by atoms with Crippen LogP contribution in [0.1, 0.15) is 113 Å². The van der Waals surface area contributed by atoms with Gasteiger partial charge >= 0.3 is 0 Å². The molecule has 11 atom stereocenters. The van der Waals surface area contributed by atoms with Crippen molar-refractivity contribution in [3.63, 3.8) is 0 Å². The molecule has 3 N–H and O–H groups in total. The number of aliphatic hydroxyl groups excluding tert-OH is 2. The fraction of sp³-hybridized carbons (Fsp3) is 0.935. The molecule has 3 nitrogen and oxygen atoms in total. The maximum atomic E-state index is 11.8. The van der Waals surface area contributed by atoms with Gasteiger partial charge < -0.3 is 15.3 Å². The standard InChI is InChI=1S/C31H52O3/c1-19(2)29(8,34)13-9-20(3)21-10-12-28(7)25-22(32)17-23-26(4,5)24(33)11-14-30(23)18-31(25,30)16-15-27(21,28)6/h20-25,32-34H,1,9-18H2,2-8H3. The van der Waals surface area contributed by atoms with Gasteiger partial charge in [-0.2, -0.15) is 0 Å². The highest BCUT2D eigenvalue weighted by Crippen LogP contribution is 2.89. The molecule has 5 fully saturated rings. The van der Waals surface area contributed by atoms with Gasteiger partial charge in [0, 0.05) is 0 Å². The lowest BCUT2D eigenvalue weighted by Crippen LogP contribution is -2.61. The summed E-state index contributed by atoms with van der Waals surface area (Å²) in [5.41, 5.74) is 1.06. The number of hydrogen-bond acceptors (Lipinski definition) is 3. The molecule has 0 aromatic rings. The second-order valence-corrected chi connectivity index (χ2v) is 15.2. The molecule has 5 saturated carbocycles. The van der Waals surface area contributed by atoms with Crippen LogP contribution in [0.4, 0.5) is 0 Å². The van der Waals surface area contributed by atoms with Crippen molar-refractivity contribution in [1.82, 2.24) is 0 Å². The molecule has 0 radical (unpaired) electrons. The lowest BCUT2D eigenvalue weighted by molar-refractivity contribution is -0.201. The first-order valence-corrected chi connectivity index (χ1v) is 14.3. The minimum atomic E-state index is -0.777. The molecule has 0 heterocycles. The van der Waals surface area contributed by atoms with E-state index in [1.165, 1.54) is 32.1 Å². The molecule has 5 aliphatic carbocycles. The minimum Gasteiger partial charge on any atom is -0.393 e. The second-order valence-electron chi connectivity index (χ2n) is 15.2. The molecule has 0 aliphatic heterocycles. The molecule has 0 aromatic heterocycles. The molecule has 5 aliphatic rings. The summed E-state index contributed by atoms with van der Waals surface area (Å²) in [7, 11) is 0. The summed E-state index contributed by atoms with van der Waals surface area (Å²) >= 11 is 0. The molecule has 11 unspecified atom stereocenters. The van der Waals surface area contributed by atoms with Gasteiger partial charge in [-0.3, -0.25) is 0 Å². The van der Waals surface area contributed by atoms with Crippen LogP contribution < -0.4 is 0 Å². The van der Waals surface area contributed by atoms with E-state index in [4.69, 9.17) is 0 Å². The number of aliphatic hydroxyl groups is 3. The Morgan fingerprint density at radius 3 is 2.32 bits per heavy atom. The van der Waals surface area contributed by atoms with Crippen LogP contribution in [-0.4, -0.2) is 33.1 Å². The molecule has 34 heavy (non-hydrogen) atoms. The highest BCUT2D eigenvalue weighted by Gasteiger charge is 2.83. The molecule has 0 bridgehead atoms. The maximum absolute atomic E-state index is 11.8. The van der Waals surface area contributed by atoms with E-state index in [0.29, 0.717) is 34.5 Å². The first kappa shape index (κ1) is 25.3. The Hall–Kier alpha value is -0.380. The van der Waals surface area contributed by atoms with E-state index >= 15 is 0 Å². The van der Waals surface area contributed by atoms with Crippen LogP contribution in [0, 0.1) is 50.7 Å². The number of hydrogen-bond donors (Lipinski definition) is 3. The van der Waals surface area contributed by atoms with Gasteiger partial charge in [-0.25, -0.2) is 0 Å². The number of rotatable bonds is 5. The SMILES string of the molecule is C=C(C)C(C)(O)CCC(C)C1CCC2(C)C3C(O)CC4C(C)(C)C(O)CCC45CC35CCC12C. The van der Waals surface area contributed by atoms with Gasteiger partial charge in [-0.15, -0.1) is 0 Å². The molecule has 5 rings (SSSR count). The predicted molar refractivity (Wildman–Crippen MR) is 138 cm³/mol. The van der Waals surface area contributed by atoms with Gasteiger partial charge in [0.05, 0.1) is 17.8 Å². The first-order valence-electron chi connectivity index (χ1n) is 14.3. The highest BCUT2D eigenvalue weighted by atomic mass is 16.3. The minimum absolute atomic E-state index is 0.0949. The van der Waals surface area contributed by atoms with Crippen molar-refractivity contribution in [2.24, 2.45) is 50.7 Å². The van der Waals surface area contributed by atoms with E-state index in [2.05, 4.69) is 41.2 Å². The van der Waals surface area contributed by atoms with Crippen LogP contribution >= 0.6 is 0 Å². The predicted octanol–water partition coefficient (Wildman–Crippen LogP) is 6.50. The summed E-state index contributed by atoms with van der Waals surface area (Å²) in [5, 5.41) is 33.5. The van der Waals surface area contributed by atoms with Crippen LogP contribution in [0.5, 0.6) is 0 Å². The largest absolute Gasteiger partial charge is 0.393 e. The maximum Gasteiger partial charge on any atom is 0.0823 e. The summed E-state index contributed by atoms with van der Waals surface area (Å²) < 4.78 is 0. The summed E-state index contributed by atoms with van der Waals surface area (Å²) in [6.07, 6.45) is 10.6. The van der Waals surface area contributed by atoms with Gasteiger partial charge in [0.15, 0.2) is 0 Å². The molecule has 3 heteroatoms. The Kier molecular flexibility index (Phi) is 5.46. The summed E-state index contributed by atoms with van der Waals surface area (Å²) in [6.45, 7) is 19.9. The summed E-state index contributed by atoms with van der Waals surface area (Å²) in [6, 6.07) is 0. The van der Waals surface area contributed by atoms with Crippen LogP contribution in [0.15, 0.2) is 12.2 Å². The average Bonchev–Trinajstić information content (AvgIpc) is 3.31. The fourth-order valence-electron chi connectivity index (χ4n) is 11.2. The van der Waals surface area contributed by atoms with Crippen molar-refractivity contribution in [1.29, 1.82) is 0 Å². The van der Waals surface area contributed by atoms with E-state index in [1.54, 1.807) is 0 Å². The third kappa shape index (κ3) is 2.93. The van der Waals surface area contributed by atoms with Gasteiger partial charge in [-0.1, -0.05) is 41.2 Å². The molecule has 2 spiro atoms. The quantitative estimate of drug-likeness (QED) is 0.400. The van der Waals surface area contributed by atoms with Crippen molar-refractivity contribution >= 4 is 0 Å². The van der Waals surface area contributed by atoms with E-state index in [9.17, 15) is 15.3 Å². The third-order valence-corrected chi connectivity index (χ3v) is 13.8. The Morgan fingerprint density at radius 2 is 1.68 bits per heavy atom. The first-order chi connectivity index (χ1) is 15.6. The Labute approximate surface area is 208 Å². The van der Waals surface area contributed by atoms with Crippen LogP contribution in [-0.2, 0) is 0 Å².